The fourth-order valence-electron chi connectivity index (χ4n) is 3.66. The SMILES string of the molecule is N=C(N)c1ccc(N2CCN(CC(=O)NC[C@H](NS(=O)(=O)c3ccc(F)cc3)C(=O)OC(=O)C(F)(F)F)C(=O)C2)cc1. The quantitative estimate of drug-likeness (QED) is 0.0924. The number of sulfonamides is 1. The van der Waals surface area contributed by atoms with Crippen LogP contribution in [0.25, 0.3) is 0 Å². The van der Waals surface area contributed by atoms with Crippen molar-refractivity contribution in [3.8, 4) is 0 Å². The van der Waals surface area contributed by atoms with Gasteiger partial charge in [-0.2, -0.15) is 17.9 Å². The average molecular weight is 617 g/mol. The second-order valence-electron chi connectivity index (χ2n) is 8.84. The van der Waals surface area contributed by atoms with Crippen molar-refractivity contribution in [2.75, 3.05) is 37.6 Å². The highest BCUT2D eigenvalue weighted by Gasteiger charge is 2.44. The molecule has 1 aliphatic rings. The van der Waals surface area contributed by atoms with Gasteiger partial charge in [-0.25, -0.2) is 22.4 Å². The zero-order chi connectivity index (χ0) is 31.2. The molecule has 0 aliphatic carbocycles. The van der Waals surface area contributed by atoms with E-state index in [0.29, 0.717) is 17.8 Å². The first-order chi connectivity index (χ1) is 19.6. The van der Waals surface area contributed by atoms with Crippen molar-refractivity contribution in [3.05, 3.63) is 59.9 Å². The number of nitrogens with zero attached hydrogens (tertiary/aromatic N) is 2. The number of amides is 2. The number of nitrogens with one attached hydrogen (secondary N) is 3. The maximum atomic E-state index is 13.2. The van der Waals surface area contributed by atoms with Gasteiger partial charge in [0.2, 0.25) is 21.8 Å². The standard InChI is InChI=1S/C24H24F4N6O7S/c25-15-3-7-17(8-4-15)42(39,40)32-18(22(37)41-23(38)24(26,27)28)11-31-19(35)12-34-10-9-33(13-20(34)36)16-5-1-14(2-6-16)21(29)30/h1-8,18,32H,9-13H2,(H3,29,30)(H,31,35)/t18-/m0/s1. The molecule has 0 aromatic heterocycles. The fraction of sp³-hybridized carbons (Fsp3) is 0.292. The van der Waals surface area contributed by atoms with Gasteiger partial charge in [-0.3, -0.25) is 15.0 Å². The minimum Gasteiger partial charge on any atom is -0.385 e. The lowest BCUT2D eigenvalue weighted by Gasteiger charge is -2.35. The van der Waals surface area contributed by atoms with E-state index >= 15 is 0 Å². The van der Waals surface area contributed by atoms with Gasteiger partial charge in [-0.15, -0.1) is 0 Å². The molecular weight excluding hydrogens is 592 g/mol. The number of halogens is 4. The Labute approximate surface area is 236 Å². The zero-order valence-corrected chi connectivity index (χ0v) is 22.3. The largest absolute Gasteiger partial charge is 0.491 e. The summed E-state index contributed by atoms with van der Waals surface area (Å²) in [5, 5.41) is 9.56. The van der Waals surface area contributed by atoms with Gasteiger partial charge in [0.05, 0.1) is 18.0 Å². The number of nitrogen functional groups attached to an aromatic ring is 1. The highest BCUT2D eigenvalue weighted by Crippen LogP contribution is 2.19. The molecule has 2 amide bonds. The predicted octanol–water partition coefficient (Wildman–Crippen LogP) is -0.146. The number of piperazine rings is 1. The lowest BCUT2D eigenvalue weighted by molar-refractivity contribution is -0.202. The highest BCUT2D eigenvalue weighted by molar-refractivity contribution is 7.89. The Kier molecular flexibility index (Phi) is 9.84. The molecule has 0 saturated carbocycles. The summed E-state index contributed by atoms with van der Waals surface area (Å²) in [4.78, 5) is 50.9. The third-order valence-corrected chi connectivity index (χ3v) is 7.32. The van der Waals surface area contributed by atoms with Crippen molar-refractivity contribution >= 4 is 45.3 Å². The van der Waals surface area contributed by atoms with E-state index in [1.807, 2.05) is 0 Å². The molecule has 1 saturated heterocycles. The number of ether oxygens (including phenoxy) is 1. The summed E-state index contributed by atoms with van der Waals surface area (Å²) in [7, 11) is -4.67. The van der Waals surface area contributed by atoms with Crippen LogP contribution in [0.15, 0.2) is 53.4 Å². The van der Waals surface area contributed by atoms with Gasteiger partial charge in [-0.05, 0) is 48.5 Å². The fourth-order valence-corrected chi connectivity index (χ4v) is 4.84. The van der Waals surface area contributed by atoms with Gasteiger partial charge in [0, 0.05) is 30.9 Å². The number of alkyl halides is 3. The Morgan fingerprint density at radius 3 is 2.21 bits per heavy atom. The van der Waals surface area contributed by atoms with E-state index in [2.05, 4.69) is 10.1 Å². The van der Waals surface area contributed by atoms with Gasteiger partial charge in [0.25, 0.3) is 0 Å². The van der Waals surface area contributed by atoms with Gasteiger partial charge in [0.1, 0.15) is 17.7 Å². The molecule has 1 aliphatic heterocycles. The number of carbonyl (C=O) groups is 4. The highest BCUT2D eigenvalue weighted by atomic mass is 32.2. The van der Waals surface area contributed by atoms with Crippen molar-refractivity contribution in [2.45, 2.75) is 17.1 Å². The second-order valence-corrected chi connectivity index (χ2v) is 10.5. The number of rotatable bonds is 10. The topological polar surface area (TPSA) is 192 Å². The Hall–Kier alpha value is -4.58. The van der Waals surface area contributed by atoms with Crippen molar-refractivity contribution in [2.24, 2.45) is 5.73 Å². The van der Waals surface area contributed by atoms with Crippen LogP contribution < -0.4 is 20.7 Å². The molecule has 226 valence electrons. The Bertz CT molecular complexity index is 1470. The lowest BCUT2D eigenvalue weighted by atomic mass is 10.1. The molecule has 13 nitrogen and oxygen atoms in total. The van der Waals surface area contributed by atoms with Crippen LogP contribution in [0, 0.1) is 11.2 Å². The number of amidine groups is 1. The summed E-state index contributed by atoms with van der Waals surface area (Å²) in [5.41, 5.74) is 6.59. The summed E-state index contributed by atoms with van der Waals surface area (Å²) >= 11 is 0. The number of benzene rings is 2. The van der Waals surface area contributed by atoms with Gasteiger partial charge in [-0.1, -0.05) is 0 Å². The number of anilines is 1. The van der Waals surface area contributed by atoms with Crippen molar-refractivity contribution in [1.29, 1.82) is 5.41 Å². The molecule has 1 fully saturated rings. The molecule has 1 atom stereocenters. The van der Waals surface area contributed by atoms with Crippen LogP contribution in [-0.4, -0.2) is 87.8 Å². The molecule has 1 heterocycles. The first-order valence-electron chi connectivity index (χ1n) is 11.9. The molecule has 0 bridgehead atoms. The molecule has 0 unspecified atom stereocenters. The van der Waals surface area contributed by atoms with Crippen molar-refractivity contribution < 1.29 is 49.9 Å². The first kappa shape index (κ1) is 31.9. The molecule has 0 radical (unpaired) electrons. The summed E-state index contributed by atoms with van der Waals surface area (Å²) < 4.78 is 81.6. The number of hydrogen-bond donors (Lipinski definition) is 4. The lowest BCUT2D eigenvalue weighted by Crippen LogP contribution is -2.55. The van der Waals surface area contributed by atoms with E-state index in [0.717, 1.165) is 24.3 Å². The summed E-state index contributed by atoms with van der Waals surface area (Å²) in [6, 6.07) is 7.51. The molecule has 2 aromatic carbocycles. The first-order valence-corrected chi connectivity index (χ1v) is 13.4. The average Bonchev–Trinajstić information content (AvgIpc) is 2.91. The maximum absolute atomic E-state index is 13.2. The van der Waals surface area contributed by atoms with Crippen LogP contribution >= 0.6 is 0 Å². The summed E-state index contributed by atoms with van der Waals surface area (Å²) in [6.45, 7) is -1.21. The van der Waals surface area contributed by atoms with E-state index in [1.54, 1.807) is 33.9 Å². The molecule has 18 heteroatoms. The molecular formula is C24H24F4N6O7S. The van der Waals surface area contributed by atoms with E-state index in [-0.39, 0.29) is 18.9 Å². The number of nitrogens with two attached hydrogens (primary N) is 1. The molecule has 5 N–H and O–H groups in total. The molecule has 42 heavy (non-hydrogen) atoms. The Balaban J connectivity index is 1.63. The summed E-state index contributed by atoms with van der Waals surface area (Å²) in [6.07, 6.45) is -5.57. The minimum atomic E-state index is -5.57. The second kappa shape index (κ2) is 12.9. The van der Waals surface area contributed by atoms with E-state index in [4.69, 9.17) is 11.1 Å². The third-order valence-electron chi connectivity index (χ3n) is 5.83. The van der Waals surface area contributed by atoms with Crippen LogP contribution in [0.3, 0.4) is 0 Å². The van der Waals surface area contributed by atoms with Crippen LogP contribution in [-0.2, 0) is 33.9 Å². The van der Waals surface area contributed by atoms with E-state index in [9.17, 15) is 45.2 Å². The third kappa shape index (κ3) is 8.46. The monoisotopic (exact) mass is 616 g/mol. The van der Waals surface area contributed by atoms with Gasteiger partial charge < -0.3 is 25.6 Å². The van der Waals surface area contributed by atoms with Gasteiger partial charge in [0.15, 0.2) is 0 Å². The zero-order valence-electron chi connectivity index (χ0n) is 21.5. The summed E-state index contributed by atoms with van der Waals surface area (Å²) in [5.74, 6) is -7.17. The van der Waals surface area contributed by atoms with Crippen molar-refractivity contribution in [3.63, 3.8) is 0 Å². The molecule has 2 aromatic rings. The van der Waals surface area contributed by atoms with Crippen LogP contribution in [0.1, 0.15) is 5.56 Å². The Morgan fingerprint density at radius 1 is 1.05 bits per heavy atom. The number of carbonyl (C=O) groups excluding carboxylic acids is 4. The van der Waals surface area contributed by atoms with Gasteiger partial charge >= 0.3 is 18.1 Å². The molecule has 3 rings (SSSR count). The minimum absolute atomic E-state index is 0.0868. The van der Waals surface area contributed by atoms with Crippen molar-refractivity contribution in [1.82, 2.24) is 14.9 Å². The van der Waals surface area contributed by atoms with Crippen LogP contribution in [0.5, 0.6) is 0 Å². The predicted molar refractivity (Wildman–Crippen MR) is 137 cm³/mol. The Morgan fingerprint density at radius 2 is 1.67 bits per heavy atom. The maximum Gasteiger partial charge on any atom is 0.491 e. The van der Waals surface area contributed by atoms with E-state index in [1.165, 1.54) is 4.90 Å². The van der Waals surface area contributed by atoms with E-state index < -0.39 is 69.8 Å². The van der Waals surface area contributed by atoms with Crippen LogP contribution in [0.2, 0.25) is 0 Å². The number of esters is 2. The van der Waals surface area contributed by atoms with Crippen LogP contribution in [0.4, 0.5) is 23.2 Å². The smallest absolute Gasteiger partial charge is 0.385 e. The number of hydrogen-bond acceptors (Lipinski definition) is 9. The molecule has 0 spiro atoms. The normalized spacial score (nSPS) is 14.7.